The summed E-state index contributed by atoms with van der Waals surface area (Å²) in [6, 6.07) is 3.80. The molecule has 3 nitrogen and oxygen atoms in total. The van der Waals surface area contributed by atoms with Gasteiger partial charge in [-0.25, -0.2) is 0 Å². The average molecular weight is 195 g/mol. The first-order valence-corrected chi connectivity index (χ1v) is 4.92. The molecule has 0 aliphatic carbocycles. The number of nitrogens with zero attached hydrogens (tertiary/aromatic N) is 1. The number of aliphatic hydroxyl groups excluding tert-OH is 1. The topological polar surface area (TPSA) is 42.4 Å². The summed E-state index contributed by atoms with van der Waals surface area (Å²) in [6.07, 6.45) is 1.87. The van der Waals surface area contributed by atoms with E-state index in [1.807, 2.05) is 26.0 Å². The Kier molecular flexibility index (Phi) is 4.56. The van der Waals surface area contributed by atoms with E-state index in [9.17, 15) is 5.11 Å². The average Bonchev–Trinajstić information content (AvgIpc) is 2.19. The summed E-state index contributed by atoms with van der Waals surface area (Å²) in [4.78, 5) is 4.13. The fourth-order valence-electron chi connectivity index (χ4n) is 1.18. The van der Waals surface area contributed by atoms with Crippen molar-refractivity contribution in [3.8, 4) is 0 Å². The van der Waals surface area contributed by atoms with Crippen molar-refractivity contribution in [3.05, 3.63) is 29.6 Å². The Bertz CT molecular complexity index is 258. The zero-order valence-corrected chi connectivity index (χ0v) is 8.73. The van der Waals surface area contributed by atoms with E-state index in [-0.39, 0.29) is 0 Å². The Morgan fingerprint density at radius 2 is 2.29 bits per heavy atom. The van der Waals surface area contributed by atoms with Crippen LogP contribution in [-0.2, 0) is 4.74 Å². The first kappa shape index (κ1) is 11.1. The Morgan fingerprint density at radius 1 is 1.50 bits per heavy atom. The number of rotatable bonds is 5. The van der Waals surface area contributed by atoms with Gasteiger partial charge in [-0.2, -0.15) is 0 Å². The monoisotopic (exact) mass is 195 g/mol. The molecule has 0 saturated carbocycles. The number of aryl methyl sites for hydroxylation is 1. The minimum absolute atomic E-state index is 0.463. The first-order valence-electron chi connectivity index (χ1n) is 4.92. The first-order chi connectivity index (χ1) is 6.74. The molecule has 0 bridgehead atoms. The summed E-state index contributed by atoms with van der Waals surface area (Å²) in [7, 11) is 0. The second-order valence-electron chi connectivity index (χ2n) is 3.23. The second kappa shape index (κ2) is 5.73. The van der Waals surface area contributed by atoms with Crippen molar-refractivity contribution in [2.45, 2.75) is 26.4 Å². The Hall–Kier alpha value is -0.930. The van der Waals surface area contributed by atoms with E-state index in [4.69, 9.17) is 4.74 Å². The lowest BCUT2D eigenvalue weighted by Crippen LogP contribution is -2.03. The van der Waals surface area contributed by atoms with Crippen LogP contribution >= 0.6 is 0 Å². The van der Waals surface area contributed by atoms with E-state index in [1.54, 1.807) is 6.20 Å². The van der Waals surface area contributed by atoms with Crippen LogP contribution in [-0.4, -0.2) is 23.3 Å². The largest absolute Gasteiger partial charge is 0.388 e. The van der Waals surface area contributed by atoms with E-state index in [0.29, 0.717) is 19.6 Å². The molecule has 0 aliphatic rings. The number of hydrogen-bond acceptors (Lipinski definition) is 3. The van der Waals surface area contributed by atoms with Gasteiger partial charge in [-0.1, -0.05) is 6.07 Å². The number of aliphatic hydroxyl groups is 1. The van der Waals surface area contributed by atoms with Crippen LogP contribution in [0, 0.1) is 6.92 Å². The van der Waals surface area contributed by atoms with Crippen LogP contribution in [0.2, 0.25) is 0 Å². The van der Waals surface area contributed by atoms with Crippen molar-refractivity contribution in [2.75, 3.05) is 13.2 Å². The van der Waals surface area contributed by atoms with Gasteiger partial charge in [0.25, 0.3) is 0 Å². The van der Waals surface area contributed by atoms with Crippen molar-refractivity contribution in [2.24, 2.45) is 0 Å². The van der Waals surface area contributed by atoms with Gasteiger partial charge in [-0.05, 0) is 25.5 Å². The molecule has 1 atom stereocenters. The van der Waals surface area contributed by atoms with Crippen molar-refractivity contribution >= 4 is 0 Å². The summed E-state index contributed by atoms with van der Waals surface area (Å²) in [5.74, 6) is 0. The highest BCUT2D eigenvalue weighted by atomic mass is 16.5. The van der Waals surface area contributed by atoms with E-state index < -0.39 is 6.10 Å². The number of aromatic nitrogens is 1. The third-order valence-electron chi connectivity index (χ3n) is 2.06. The summed E-state index contributed by atoms with van der Waals surface area (Å²) < 4.78 is 5.17. The second-order valence-corrected chi connectivity index (χ2v) is 3.23. The fourth-order valence-corrected chi connectivity index (χ4v) is 1.18. The maximum Gasteiger partial charge on any atom is 0.0826 e. The molecule has 1 aromatic heterocycles. The fraction of sp³-hybridized carbons (Fsp3) is 0.545. The minimum atomic E-state index is -0.463. The predicted molar refractivity (Wildman–Crippen MR) is 55.0 cm³/mol. The Balaban J connectivity index is 2.43. The highest BCUT2D eigenvalue weighted by molar-refractivity contribution is 5.15. The van der Waals surface area contributed by atoms with Gasteiger partial charge in [-0.3, -0.25) is 4.98 Å². The molecule has 3 heteroatoms. The van der Waals surface area contributed by atoms with Gasteiger partial charge in [0.15, 0.2) is 0 Å². The van der Waals surface area contributed by atoms with E-state index in [0.717, 1.165) is 11.3 Å². The molecule has 1 heterocycles. The molecule has 1 unspecified atom stereocenters. The van der Waals surface area contributed by atoms with Gasteiger partial charge in [-0.15, -0.1) is 0 Å². The van der Waals surface area contributed by atoms with Crippen molar-refractivity contribution in [1.82, 2.24) is 4.98 Å². The van der Waals surface area contributed by atoms with Gasteiger partial charge in [0.2, 0.25) is 0 Å². The third kappa shape index (κ3) is 3.44. The zero-order chi connectivity index (χ0) is 10.4. The lowest BCUT2D eigenvalue weighted by atomic mass is 10.1. The highest BCUT2D eigenvalue weighted by Gasteiger charge is 2.06. The predicted octanol–water partition coefficient (Wildman–Crippen LogP) is 1.85. The number of ether oxygens (including phenoxy) is 1. The lowest BCUT2D eigenvalue weighted by Gasteiger charge is -2.10. The molecule has 1 N–H and O–H groups in total. The van der Waals surface area contributed by atoms with Crippen LogP contribution in [0.1, 0.15) is 30.7 Å². The molecule has 0 radical (unpaired) electrons. The molecule has 1 rings (SSSR count). The summed E-state index contributed by atoms with van der Waals surface area (Å²) in [6.45, 7) is 5.15. The highest BCUT2D eigenvalue weighted by Crippen LogP contribution is 2.15. The van der Waals surface area contributed by atoms with E-state index >= 15 is 0 Å². The van der Waals surface area contributed by atoms with E-state index in [1.165, 1.54) is 0 Å². The molecule has 0 aromatic carbocycles. The van der Waals surface area contributed by atoms with Gasteiger partial charge in [0.05, 0.1) is 6.10 Å². The maximum atomic E-state index is 9.72. The summed E-state index contributed by atoms with van der Waals surface area (Å²) in [5.41, 5.74) is 1.82. The van der Waals surface area contributed by atoms with Crippen LogP contribution in [0.3, 0.4) is 0 Å². The molecule has 14 heavy (non-hydrogen) atoms. The third-order valence-corrected chi connectivity index (χ3v) is 2.06. The molecule has 0 spiro atoms. The van der Waals surface area contributed by atoms with Gasteiger partial charge < -0.3 is 9.84 Å². The smallest absolute Gasteiger partial charge is 0.0826 e. The molecular weight excluding hydrogens is 178 g/mol. The molecule has 1 aromatic rings. The summed E-state index contributed by atoms with van der Waals surface area (Å²) >= 11 is 0. The zero-order valence-electron chi connectivity index (χ0n) is 8.73. The molecular formula is C11H17NO2. The van der Waals surface area contributed by atoms with Crippen molar-refractivity contribution < 1.29 is 9.84 Å². The van der Waals surface area contributed by atoms with Crippen LogP contribution in [0.5, 0.6) is 0 Å². The van der Waals surface area contributed by atoms with Crippen LogP contribution in [0.15, 0.2) is 18.3 Å². The Morgan fingerprint density at radius 3 is 2.86 bits per heavy atom. The SMILES string of the molecule is CCOCCC(O)c1ccc(C)nc1. The standard InChI is InChI=1S/C11H17NO2/c1-3-14-7-6-11(13)10-5-4-9(2)12-8-10/h4-5,8,11,13H,3,6-7H2,1-2H3. The van der Waals surface area contributed by atoms with E-state index in [2.05, 4.69) is 4.98 Å². The molecule has 0 saturated heterocycles. The van der Waals surface area contributed by atoms with Crippen LogP contribution < -0.4 is 0 Å². The molecule has 0 amide bonds. The normalized spacial score (nSPS) is 12.8. The quantitative estimate of drug-likeness (QED) is 0.729. The Labute approximate surface area is 84.7 Å². The van der Waals surface area contributed by atoms with Crippen LogP contribution in [0.25, 0.3) is 0 Å². The lowest BCUT2D eigenvalue weighted by molar-refractivity contribution is 0.0884. The van der Waals surface area contributed by atoms with Gasteiger partial charge >= 0.3 is 0 Å². The molecule has 78 valence electrons. The summed E-state index contributed by atoms with van der Waals surface area (Å²) in [5, 5.41) is 9.72. The minimum Gasteiger partial charge on any atom is -0.388 e. The van der Waals surface area contributed by atoms with Crippen molar-refractivity contribution in [3.63, 3.8) is 0 Å². The van der Waals surface area contributed by atoms with Crippen molar-refractivity contribution in [1.29, 1.82) is 0 Å². The molecule has 0 fully saturated rings. The number of pyridine rings is 1. The number of hydrogen-bond donors (Lipinski definition) is 1. The maximum absolute atomic E-state index is 9.72. The van der Waals surface area contributed by atoms with Gasteiger partial charge in [0, 0.05) is 31.5 Å². The van der Waals surface area contributed by atoms with Gasteiger partial charge in [0.1, 0.15) is 0 Å². The molecule has 0 aliphatic heterocycles. The van der Waals surface area contributed by atoms with Crippen LogP contribution in [0.4, 0.5) is 0 Å².